The first-order valence-electron chi connectivity index (χ1n) is 5.85. The van der Waals surface area contributed by atoms with E-state index in [1.807, 2.05) is 37.3 Å². The third kappa shape index (κ3) is 1.68. The Hall–Kier alpha value is -1.90. The molecule has 1 fully saturated rings. The molecule has 3 rings (SSSR count). The van der Waals surface area contributed by atoms with Crippen LogP contribution in [-0.2, 0) is 0 Å². The summed E-state index contributed by atoms with van der Waals surface area (Å²) in [4.78, 5) is 12.3. The number of benzene rings is 1. The summed E-state index contributed by atoms with van der Waals surface area (Å²) in [5, 5.41) is 4.24. The topological polar surface area (TPSA) is 34.9 Å². The Morgan fingerprint density at radius 1 is 1.24 bits per heavy atom. The van der Waals surface area contributed by atoms with E-state index in [9.17, 15) is 4.79 Å². The van der Waals surface area contributed by atoms with Crippen LogP contribution < -0.4 is 0 Å². The van der Waals surface area contributed by atoms with E-state index in [2.05, 4.69) is 5.10 Å². The summed E-state index contributed by atoms with van der Waals surface area (Å²) in [6.07, 6.45) is 3.67. The van der Waals surface area contributed by atoms with Crippen LogP contribution in [0.5, 0.6) is 0 Å². The summed E-state index contributed by atoms with van der Waals surface area (Å²) in [7, 11) is 0. The van der Waals surface area contributed by atoms with E-state index in [0.717, 1.165) is 18.5 Å². The number of nitrogens with zero attached hydrogens (tertiary/aromatic N) is 2. The summed E-state index contributed by atoms with van der Waals surface area (Å²) in [5.41, 5.74) is 1.48. The van der Waals surface area contributed by atoms with Gasteiger partial charge in [0.1, 0.15) is 5.69 Å². The molecule has 0 aliphatic heterocycles. The van der Waals surface area contributed by atoms with Gasteiger partial charge in [-0.05, 0) is 31.0 Å². The molecule has 1 aliphatic carbocycles. The number of hydrogen-bond acceptors (Lipinski definition) is 2. The van der Waals surface area contributed by atoms with Crippen molar-refractivity contribution in [1.82, 2.24) is 9.78 Å². The van der Waals surface area contributed by atoms with Crippen LogP contribution in [0.4, 0.5) is 0 Å². The van der Waals surface area contributed by atoms with Crippen LogP contribution in [0.1, 0.15) is 30.3 Å². The Morgan fingerprint density at radius 2 is 1.94 bits per heavy atom. The van der Waals surface area contributed by atoms with E-state index in [4.69, 9.17) is 0 Å². The fraction of sp³-hybridized carbons (Fsp3) is 0.286. The molecule has 17 heavy (non-hydrogen) atoms. The third-order valence-corrected chi connectivity index (χ3v) is 3.42. The van der Waals surface area contributed by atoms with E-state index in [-0.39, 0.29) is 11.2 Å². The highest BCUT2D eigenvalue weighted by molar-refractivity contribution is 6.01. The lowest BCUT2D eigenvalue weighted by atomic mass is 10.0. The van der Waals surface area contributed by atoms with Gasteiger partial charge in [0.15, 0.2) is 5.78 Å². The maximum atomic E-state index is 12.3. The molecule has 1 aromatic carbocycles. The molecule has 3 heteroatoms. The van der Waals surface area contributed by atoms with Crippen LogP contribution in [0.25, 0.3) is 5.69 Å². The number of carbonyl (C=O) groups excluding carboxylic acids is 1. The van der Waals surface area contributed by atoms with Gasteiger partial charge in [0.05, 0.1) is 11.9 Å². The maximum Gasteiger partial charge on any atom is 0.187 e. The van der Waals surface area contributed by atoms with Gasteiger partial charge < -0.3 is 0 Å². The van der Waals surface area contributed by atoms with Gasteiger partial charge in [-0.1, -0.05) is 25.1 Å². The van der Waals surface area contributed by atoms with Crippen molar-refractivity contribution in [2.45, 2.75) is 19.8 Å². The molecule has 0 saturated heterocycles. The van der Waals surface area contributed by atoms with Crippen LogP contribution in [0.15, 0.2) is 42.6 Å². The van der Waals surface area contributed by atoms with Crippen molar-refractivity contribution in [2.24, 2.45) is 5.41 Å². The molecule has 1 aromatic heterocycles. The van der Waals surface area contributed by atoms with Crippen LogP contribution in [0.3, 0.4) is 0 Å². The molecule has 0 spiro atoms. The Labute approximate surface area is 100 Å². The number of hydrogen-bond donors (Lipinski definition) is 0. The lowest BCUT2D eigenvalue weighted by Gasteiger charge is -2.10. The predicted molar refractivity (Wildman–Crippen MR) is 65.2 cm³/mol. The summed E-state index contributed by atoms with van der Waals surface area (Å²) in [6, 6.07) is 11.6. The zero-order valence-electron chi connectivity index (χ0n) is 9.76. The second-order valence-corrected chi connectivity index (χ2v) is 4.85. The highest BCUT2D eigenvalue weighted by Gasteiger charge is 2.46. The number of Topliss-reactive ketones (excluding diaryl/α,β-unsaturated/α-hetero) is 1. The molecule has 0 bridgehead atoms. The summed E-state index contributed by atoms with van der Waals surface area (Å²) in [6.45, 7) is 2.03. The smallest absolute Gasteiger partial charge is 0.187 e. The van der Waals surface area contributed by atoms with Crippen molar-refractivity contribution in [3.05, 3.63) is 48.3 Å². The Balaban J connectivity index is 2.03. The molecule has 1 heterocycles. The van der Waals surface area contributed by atoms with Gasteiger partial charge in [-0.25, -0.2) is 4.68 Å². The monoisotopic (exact) mass is 226 g/mol. The predicted octanol–water partition coefficient (Wildman–Crippen LogP) is 2.86. The normalized spacial score (nSPS) is 16.8. The van der Waals surface area contributed by atoms with Gasteiger partial charge in [-0.3, -0.25) is 4.79 Å². The van der Waals surface area contributed by atoms with E-state index >= 15 is 0 Å². The number of para-hydroxylation sites is 1. The van der Waals surface area contributed by atoms with Crippen molar-refractivity contribution in [3.8, 4) is 5.69 Å². The van der Waals surface area contributed by atoms with Gasteiger partial charge >= 0.3 is 0 Å². The van der Waals surface area contributed by atoms with Gasteiger partial charge in [0.25, 0.3) is 0 Å². The zero-order valence-corrected chi connectivity index (χ0v) is 9.76. The van der Waals surface area contributed by atoms with Crippen molar-refractivity contribution >= 4 is 5.78 Å². The zero-order chi connectivity index (χ0) is 11.9. The maximum absolute atomic E-state index is 12.3. The third-order valence-electron chi connectivity index (χ3n) is 3.42. The molecule has 86 valence electrons. The second kappa shape index (κ2) is 3.55. The number of carbonyl (C=O) groups is 1. The largest absolute Gasteiger partial charge is 0.292 e. The summed E-state index contributed by atoms with van der Waals surface area (Å²) in [5.74, 6) is 0.207. The van der Waals surface area contributed by atoms with E-state index in [0.29, 0.717) is 5.69 Å². The molecule has 1 saturated carbocycles. The lowest BCUT2D eigenvalue weighted by Crippen LogP contribution is -2.16. The minimum atomic E-state index is -0.146. The van der Waals surface area contributed by atoms with Crippen molar-refractivity contribution < 1.29 is 4.79 Å². The molecular weight excluding hydrogens is 212 g/mol. The van der Waals surface area contributed by atoms with Gasteiger partial charge in [-0.15, -0.1) is 0 Å². The summed E-state index contributed by atoms with van der Waals surface area (Å²) < 4.78 is 1.73. The first kappa shape index (κ1) is 10.3. The quantitative estimate of drug-likeness (QED) is 0.754. The van der Waals surface area contributed by atoms with E-state index < -0.39 is 0 Å². The standard InChI is InChI=1S/C14H14N2O/c1-14(8-9-14)13(17)12-7-10-15-16(12)11-5-3-2-4-6-11/h2-7,10H,8-9H2,1H3. The first-order chi connectivity index (χ1) is 8.21. The lowest BCUT2D eigenvalue weighted by molar-refractivity contribution is 0.0904. The fourth-order valence-corrected chi connectivity index (χ4v) is 1.97. The van der Waals surface area contributed by atoms with Gasteiger partial charge in [-0.2, -0.15) is 5.10 Å². The van der Waals surface area contributed by atoms with Crippen LogP contribution in [0.2, 0.25) is 0 Å². The SMILES string of the molecule is CC1(C(=O)c2ccnn2-c2ccccc2)CC1. The molecule has 3 nitrogen and oxygen atoms in total. The van der Waals surface area contributed by atoms with Gasteiger partial charge in [0, 0.05) is 5.41 Å². The molecule has 0 radical (unpaired) electrons. The van der Waals surface area contributed by atoms with Crippen LogP contribution >= 0.6 is 0 Å². The summed E-state index contributed by atoms with van der Waals surface area (Å²) >= 11 is 0. The Bertz CT molecular complexity index is 553. The number of aromatic nitrogens is 2. The highest BCUT2D eigenvalue weighted by atomic mass is 16.1. The van der Waals surface area contributed by atoms with Crippen molar-refractivity contribution in [3.63, 3.8) is 0 Å². The second-order valence-electron chi connectivity index (χ2n) is 4.85. The highest BCUT2D eigenvalue weighted by Crippen LogP contribution is 2.47. The molecule has 2 aromatic rings. The first-order valence-corrected chi connectivity index (χ1v) is 5.85. The average molecular weight is 226 g/mol. The molecule has 0 amide bonds. The molecule has 1 aliphatic rings. The Morgan fingerprint density at radius 3 is 2.59 bits per heavy atom. The number of rotatable bonds is 3. The van der Waals surface area contributed by atoms with Crippen molar-refractivity contribution in [2.75, 3.05) is 0 Å². The number of ketones is 1. The Kier molecular flexibility index (Phi) is 2.15. The van der Waals surface area contributed by atoms with E-state index in [1.165, 1.54) is 0 Å². The minimum absolute atomic E-state index is 0.146. The molecule has 0 unspecified atom stereocenters. The van der Waals surface area contributed by atoms with Crippen LogP contribution in [0, 0.1) is 5.41 Å². The fourth-order valence-electron chi connectivity index (χ4n) is 1.97. The average Bonchev–Trinajstić information content (AvgIpc) is 2.95. The van der Waals surface area contributed by atoms with Crippen LogP contribution in [-0.4, -0.2) is 15.6 Å². The molecule has 0 N–H and O–H groups in total. The molecular formula is C14H14N2O. The van der Waals surface area contributed by atoms with Crippen molar-refractivity contribution in [1.29, 1.82) is 0 Å². The minimum Gasteiger partial charge on any atom is -0.292 e. The molecule has 0 atom stereocenters. The van der Waals surface area contributed by atoms with Gasteiger partial charge in [0.2, 0.25) is 0 Å². The van der Waals surface area contributed by atoms with E-state index in [1.54, 1.807) is 16.9 Å².